The Balaban J connectivity index is 3.50. The first kappa shape index (κ1) is 13.4. The molecule has 0 aliphatic carbocycles. The zero-order valence-corrected chi connectivity index (χ0v) is 9.72. The standard InChI is InChI=1S/C12H9NO5/c1-8-10(12(15)18-2)6-9(4-3-5-14)7-11(8)13(16)17/h5-7H,1-2H3. The normalized spacial score (nSPS) is 9.00. The molecule has 0 spiro atoms. The topological polar surface area (TPSA) is 86.5 Å². The largest absolute Gasteiger partial charge is 0.465 e. The number of benzene rings is 1. The molecule has 0 unspecified atom stereocenters. The summed E-state index contributed by atoms with van der Waals surface area (Å²) in [5.41, 5.74) is 0.221. The number of nitro benzene ring substituents is 1. The van der Waals surface area contributed by atoms with Crippen LogP contribution in [0.3, 0.4) is 0 Å². The Morgan fingerprint density at radius 1 is 1.50 bits per heavy atom. The van der Waals surface area contributed by atoms with Gasteiger partial charge in [0, 0.05) is 17.2 Å². The summed E-state index contributed by atoms with van der Waals surface area (Å²) in [6.07, 6.45) is 0.365. The molecule has 0 heterocycles. The van der Waals surface area contributed by atoms with Crippen LogP contribution in [0.25, 0.3) is 0 Å². The Morgan fingerprint density at radius 3 is 2.67 bits per heavy atom. The molecule has 1 aromatic rings. The van der Waals surface area contributed by atoms with Crippen molar-refractivity contribution in [3.8, 4) is 11.8 Å². The lowest BCUT2D eigenvalue weighted by Gasteiger charge is -2.05. The number of esters is 1. The van der Waals surface area contributed by atoms with Crippen molar-refractivity contribution < 1.29 is 19.2 Å². The SMILES string of the molecule is COC(=O)c1cc(C#CC=O)cc([N+](=O)[O-])c1C. The number of hydrogen-bond acceptors (Lipinski definition) is 5. The zero-order chi connectivity index (χ0) is 13.7. The van der Waals surface area contributed by atoms with Crippen LogP contribution >= 0.6 is 0 Å². The van der Waals surface area contributed by atoms with Crippen LogP contribution in [-0.2, 0) is 9.53 Å². The molecule has 0 aliphatic heterocycles. The number of carbonyl (C=O) groups excluding carboxylic acids is 2. The van der Waals surface area contributed by atoms with Gasteiger partial charge in [0.15, 0.2) is 6.29 Å². The maximum atomic E-state index is 11.5. The van der Waals surface area contributed by atoms with Gasteiger partial charge in [-0.05, 0) is 18.9 Å². The van der Waals surface area contributed by atoms with Crippen molar-refractivity contribution in [2.45, 2.75) is 6.92 Å². The number of rotatable bonds is 2. The quantitative estimate of drug-likeness (QED) is 0.258. The monoisotopic (exact) mass is 247 g/mol. The predicted molar refractivity (Wildman–Crippen MR) is 62.1 cm³/mol. The lowest BCUT2D eigenvalue weighted by atomic mass is 10.0. The summed E-state index contributed by atoms with van der Waals surface area (Å²) in [7, 11) is 1.18. The average Bonchev–Trinajstić information content (AvgIpc) is 2.36. The van der Waals surface area contributed by atoms with E-state index in [-0.39, 0.29) is 22.4 Å². The van der Waals surface area contributed by atoms with E-state index in [0.29, 0.717) is 6.29 Å². The molecular weight excluding hydrogens is 238 g/mol. The summed E-state index contributed by atoms with van der Waals surface area (Å²) >= 11 is 0. The summed E-state index contributed by atoms with van der Waals surface area (Å²) in [6, 6.07) is 2.56. The lowest BCUT2D eigenvalue weighted by molar-refractivity contribution is -0.385. The van der Waals surface area contributed by atoms with Crippen LogP contribution in [0.15, 0.2) is 12.1 Å². The van der Waals surface area contributed by atoms with Crippen LogP contribution in [0.1, 0.15) is 21.5 Å². The van der Waals surface area contributed by atoms with Gasteiger partial charge in [-0.25, -0.2) is 4.79 Å². The summed E-state index contributed by atoms with van der Waals surface area (Å²) in [5.74, 6) is 3.85. The molecule has 1 rings (SSSR count). The summed E-state index contributed by atoms with van der Waals surface area (Å²) in [5, 5.41) is 10.8. The Hall–Kier alpha value is -2.68. The minimum atomic E-state index is -0.689. The fourth-order valence-electron chi connectivity index (χ4n) is 1.40. The van der Waals surface area contributed by atoms with Gasteiger partial charge in [0.2, 0.25) is 0 Å². The van der Waals surface area contributed by atoms with Gasteiger partial charge in [0.25, 0.3) is 5.69 Å². The maximum Gasteiger partial charge on any atom is 0.338 e. The van der Waals surface area contributed by atoms with Crippen molar-refractivity contribution in [3.05, 3.63) is 38.9 Å². The Bertz CT molecular complexity index is 580. The van der Waals surface area contributed by atoms with Crippen molar-refractivity contribution in [1.82, 2.24) is 0 Å². The number of nitrogens with zero attached hydrogens (tertiary/aromatic N) is 1. The van der Waals surface area contributed by atoms with Gasteiger partial charge in [-0.1, -0.05) is 5.92 Å². The highest BCUT2D eigenvalue weighted by atomic mass is 16.6. The fourth-order valence-corrected chi connectivity index (χ4v) is 1.40. The molecule has 0 amide bonds. The van der Waals surface area contributed by atoms with Crippen LogP contribution in [0.2, 0.25) is 0 Å². The average molecular weight is 247 g/mol. The number of aldehydes is 1. The van der Waals surface area contributed by atoms with Crippen LogP contribution < -0.4 is 0 Å². The van der Waals surface area contributed by atoms with Gasteiger partial charge in [0.1, 0.15) is 0 Å². The van der Waals surface area contributed by atoms with Gasteiger partial charge in [0.05, 0.1) is 17.6 Å². The number of carbonyl (C=O) groups is 2. The molecule has 0 atom stereocenters. The highest BCUT2D eigenvalue weighted by Gasteiger charge is 2.20. The zero-order valence-electron chi connectivity index (χ0n) is 9.72. The number of ether oxygens (including phenoxy) is 1. The van der Waals surface area contributed by atoms with Crippen molar-refractivity contribution >= 4 is 17.9 Å². The predicted octanol–water partition coefficient (Wildman–Crippen LogP) is 1.24. The minimum Gasteiger partial charge on any atom is -0.465 e. The molecular formula is C12H9NO5. The van der Waals surface area contributed by atoms with Gasteiger partial charge in [-0.2, -0.15) is 0 Å². The summed E-state index contributed by atoms with van der Waals surface area (Å²) in [4.78, 5) is 31.8. The van der Waals surface area contributed by atoms with Crippen molar-refractivity contribution in [2.24, 2.45) is 0 Å². The molecule has 0 aromatic heterocycles. The highest BCUT2D eigenvalue weighted by Crippen LogP contribution is 2.24. The smallest absolute Gasteiger partial charge is 0.338 e. The van der Waals surface area contributed by atoms with Crippen LogP contribution in [0.4, 0.5) is 5.69 Å². The highest BCUT2D eigenvalue weighted by molar-refractivity contribution is 5.92. The van der Waals surface area contributed by atoms with E-state index in [4.69, 9.17) is 0 Å². The fraction of sp³-hybridized carbons (Fsp3) is 0.167. The third-order valence-electron chi connectivity index (χ3n) is 2.26. The van der Waals surface area contributed by atoms with Crippen LogP contribution in [0, 0.1) is 28.9 Å². The van der Waals surface area contributed by atoms with E-state index in [2.05, 4.69) is 16.6 Å². The van der Waals surface area contributed by atoms with Crippen molar-refractivity contribution in [3.63, 3.8) is 0 Å². The minimum absolute atomic E-state index is 0.0573. The first-order valence-corrected chi connectivity index (χ1v) is 4.83. The number of nitro groups is 1. The molecule has 18 heavy (non-hydrogen) atoms. The second kappa shape index (κ2) is 5.59. The molecule has 0 N–H and O–H groups in total. The molecule has 0 bridgehead atoms. The van der Waals surface area contributed by atoms with E-state index >= 15 is 0 Å². The van der Waals surface area contributed by atoms with Crippen LogP contribution in [0.5, 0.6) is 0 Å². The van der Waals surface area contributed by atoms with E-state index in [1.807, 2.05) is 0 Å². The second-order valence-electron chi connectivity index (χ2n) is 3.30. The molecule has 0 radical (unpaired) electrons. The molecule has 0 aliphatic rings. The van der Waals surface area contributed by atoms with Gasteiger partial charge >= 0.3 is 5.97 Å². The third kappa shape index (κ3) is 2.71. The molecule has 0 saturated carbocycles. The lowest BCUT2D eigenvalue weighted by Crippen LogP contribution is -2.06. The first-order valence-electron chi connectivity index (χ1n) is 4.83. The van der Waals surface area contributed by atoms with E-state index in [0.717, 1.165) is 0 Å². The third-order valence-corrected chi connectivity index (χ3v) is 2.26. The summed E-state index contributed by atoms with van der Waals surface area (Å²) in [6.45, 7) is 1.45. The van der Waals surface area contributed by atoms with E-state index in [1.165, 1.54) is 26.2 Å². The van der Waals surface area contributed by atoms with E-state index in [1.54, 1.807) is 0 Å². The van der Waals surface area contributed by atoms with E-state index in [9.17, 15) is 19.7 Å². The van der Waals surface area contributed by atoms with Gasteiger partial charge in [-0.15, -0.1) is 0 Å². The number of methoxy groups -OCH3 is 1. The second-order valence-corrected chi connectivity index (χ2v) is 3.30. The van der Waals surface area contributed by atoms with E-state index < -0.39 is 10.9 Å². The van der Waals surface area contributed by atoms with Crippen LogP contribution in [-0.4, -0.2) is 24.3 Å². The molecule has 0 fully saturated rings. The molecule has 6 nitrogen and oxygen atoms in total. The Kier molecular flexibility index (Phi) is 4.16. The van der Waals surface area contributed by atoms with Crippen molar-refractivity contribution in [2.75, 3.05) is 7.11 Å². The summed E-state index contributed by atoms with van der Waals surface area (Å²) < 4.78 is 4.53. The van der Waals surface area contributed by atoms with Gasteiger partial charge in [-0.3, -0.25) is 14.9 Å². The molecule has 0 saturated heterocycles. The molecule has 92 valence electrons. The maximum absolute atomic E-state index is 11.5. The molecule has 6 heteroatoms. The van der Waals surface area contributed by atoms with Gasteiger partial charge < -0.3 is 4.74 Å². The number of hydrogen-bond donors (Lipinski definition) is 0. The first-order chi connectivity index (χ1) is 8.51. The Morgan fingerprint density at radius 2 is 2.17 bits per heavy atom. The van der Waals surface area contributed by atoms with Crippen molar-refractivity contribution in [1.29, 1.82) is 0 Å². The molecule has 1 aromatic carbocycles. The Labute approximate surface area is 103 Å².